The number of carboxylic acids is 1. The second kappa shape index (κ2) is 7.13. The SMILES string of the molecule is CN(CCCC(C)(C)C(=O)O)C1CCCCCC1. The van der Waals surface area contributed by atoms with Crippen LogP contribution in [0.1, 0.15) is 65.2 Å². The molecule has 0 spiro atoms. The minimum absolute atomic E-state index is 0.579. The number of carbonyl (C=O) groups is 1. The van der Waals surface area contributed by atoms with E-state index in [0.717, 1.165) is 25.4 Å². The molecule has 0 radical (unpaired) electrons. The number of hydrogen-bond acceptors (Lipinski definition) is 2. The van der Waals surface area contributed by atoms with Crippen molar-refractivity contribution in [3.63, 3.8) is 0 Å². The lowest BCUT2D eigenvalue weighted by atomic mass is 9.88. The van der Waals surface area contributed by atoms with E-state index in [1.165, 1.54) is 38.5 Å². The first-order valence-corrected chi connectivity index (χ1v) is 7.37. The Kier molecular flexibility index (Phi) is 6.13. The first-order chi connectivity index (χ1) is 8.43. The Balaban J connectivity index is 2.27. The molecule has 3 nitrogen and oxygen atoms in total. The number of nitrogens with zero attached hydrogens (tertiary/aromatic N) is 1. The lowest BCUT2D eigenvalue weighted by Gasteiger charge is -2.28. The average molecular weight is 255 g/mol. The maximum absolute atomic E-state index is 11.0. The van der Waals surface area contributed by atoms with Crippen LogP contribution in [0.3, 0.4) is 0 Å². The summed E-state index contributed by atoms with van der Waals surface area (Å²) < 4.78 is 0. The van der Waals surface area contributed by atoms with E-state index in [4.69, 9.17) is 5.11 Å². The fourth-order valence-electron chi connectivity index (χ4n) is 2.76. The molecule has 1 rings (SSSR count). The molecule has 1 aliphatic rings. The summed E-state index contributed by atoms with van der Waals surface area (Å²) in [5.74, 6) is -0.681. The zero-order valence-electron chi connectivity index (χ0n) is 12.2. The summed E-state index contributed by atoms with van der Waals surface area (Å²) in [6, 6.07) is 0.723. The summed E-state index contributed by atoms with van der Waals surface area (Å²) in [6.45, 7) is 4.67. The van der Waals surface area contributed by atoms with Crippen LogP contribution in [0, 0.1) is 5.41 Å². The van der Waals surface area contributed by atoms with E-state index in [-0.39, 0.29) is 0 Å². The molecule has 1 fully saturated rings. The Morgan fingerprint density at radius 1 is 1.22 bits per heavy atom. The van der Waals surface area contributed by atoms with Crippen LogP contribution in [-0.4, -0.2) is 35.6 Å². The van der Waals surface area contributed by atoms with Crippen molar-refractivity contribution in [2.24, 2.45) is 5.41 Å². The summed E-state index contributed by atoms with van der Waals surface area (Å²) in [5.41, 5.74) is -0.579. The fourth-order valence-corrected chi connectivity index (χ4v) is 2.76. The monoisotopic (exact) mass is 255 g/mol. The lowest BCUT2D eigenvalue weighted by Crippen LogP contribution is -2.33. The van der Waals surface area contributed by atoms with Gasteiger partial charge >= 0.3 is 5.97 Å². The van der Waals surface area contributed by atoms with E-state index in [2.05, 4.69) is 11.9 Å². The predicted octanol–water partition coefficient (Wildman–Crippen LogP) is 3.53. The largest absolute Gasteiger partial charge is 0.481 e. The first-order valence-electron chi connectivity index (χ1n) is 7.37. The molecule has 0 bridgehead atoms. The van der Waals surface area contributed by atoms with E-state index >= 15 is 0 Å². The van der Waals surface area contributed by atoms with Crippen molar-refractivity contribution in [3.8, 4) is 0 Å². The molecule has 0 aromatic heterocycles. The molecule has 1 N–H and O–H groups in total. The standard InChI is InChI=1S/C15H29NO2/c1-15(2,14(17)18)11-8-12-16(3)13-9-6-4-5-7-10-13/h13H,4-12H2,1-3H3,(H,17,18). The number of carboxylic acid groups (broad SMARTS) is 1. The molecule has 0 amide bonds. The van der Waals surface area contributed by atoms with Crippen molar-refractivity contribution in [1.29, 1.82) is 0 Å². The third-order valence-corrected chi connectivity index (χ3v) is 4.34. The summed E-state index contributed by atoms with van der Waals surface area (Å²) >= 11 is 0. The number of rotatable bonds is 6. The molecule has 1 aliphatic carbocycles. The highest BCUT2D eigenvalue weighted by atomic mass is 16.4. The van der Waals surface area contributed by atoms with Gasteiger partial charge in [-0.1, -0.05) is 25.7 Å². The smallest absolute Gasteiger partial charge is 0.309 e. The van der Waals surface area contributed by atoms with Crippen LogP contribution in [0.2, 0.25) is 0 Å². The van der Waals surface area contributed by atoms with Gasteiger partial charge in [0.25, 0.3) is 0 Å². The first kappa shape index (κ1) is 15.5. The van der Waals surface area contributed by atoms with Gasteiger partial charge < -0.3 is 10.0 Å². The van der Waals surface area contributed by atoms with Gasteiger partial charge in [-0.2, -0.15) is 0 Å². The molecule has 0 aromatic rings. The normalized spacial score (nSPS) is 18.9. The van der Waals surface area contributed by atoms with Crippen LogP contribution in [0.5, 0.6) is 0 Å². The molecule has 3 heteroatoms. The fraction of sp³-hybridized carbons (Fsp3) is 0.933. The van der Waals surface area contributed by atoms with Crippen LogP contribution in [0.25, 0.3) is 0 Å². The van der Waals surface area contributed by atoms with Crippen molar-refractivity contribution >= 4 is 5.97 Å². The third-order valence-electron chi connectivity index (χ3n) is 4.34. The maximum atomic E-state index is 11.0. The second-order valence-corrected chi connectivity index (χ2v) is 6.42. The Labute approximate surface area is 112 Å². The van der Waals surface area contributed by atoms with Crippen LogP contribution in [-0.2, 0) is 4.79 Å². The van der Waals surface area contributed by atoms with Gasteiger partial charge in [0.1, 0.15) is 0 Å². The molecule has 0 unspecified atom stereocenters. The van der Waals surface area contributed by atoms with Crippen molar-refractivity contribution in [3.05, 3.63) is 0 Å². The second-order valence-electron chi connectivity index (χ2n) is 6.42. The van der Waals surface area contributed by atoms with Gasteiger partial charge in [-0.3, -0.25) is 4.79 Å². The topological polar surface area (TPSA) is 40.5 Å². The van der Waals surface area contributed by atoms with Gasteiger partial charge in [-0.15, -0.1) is 0 Å². The summed E-state index contributed by atoms with van der Waals surface area (Å²) in [6.07, 6.45) is 9.86. The Morgan fingerprint density at radius 2 is 1.78 bits per heavy atom. The minimum Gasteiger partial charge on any atom is -0.481 e. The van der Waals surface area contributed by atoms with E-state index in [1.807, 2.05) is 13.8 Å². The highest BCUT2D eigenvalue weighted by Gasteiger charge is 2.26. The molecule has 0 saturated heterocycles. The minimum atomic E-state index is -0.681. The molecule has 0 aliphatic heterocycles. The molecular formula is C15H29NO2. The Hall–Kier alpha value is -0.570. The zero-order valence-corrected chi connectivity index (χ0v) is 12.2. The average Bonchev–Trinajstić information content (AvgIpc) is 2.56. The van der Waals surface area contributed by atoms with E-state index in [9.17, 15) is 4.79 Å². The number of hydrogen-bond donors (Lipinski definition) is 1. The zero-order chi connectivity index (χ0) is 13.6. The van der Waals surface area contributed by atoms with Crippen LogP contribution < -0.4 is 0 Å². The summed E-state index contributed by atoms with van der Waals surface area (Å²) in [5, 5.41) is 9.08. The molecule has 1 saturated carbocycles. The van der Waals surface area contributed by atoms with Crippen molar-refractivity contribution < 1.29 is 9.90 Å². The van der Waals surface area contributed by atoms with Crippen LogP contribution in [0.4, 0.5) is 0 Å². The summed E-state index contributed by atoms with van der Waals surface area (Å²) in [4.78, 5) is 13.5. The molecule has 0 aromatic carbocycles. The van der Waals surface area contributed by atoms with Crippen molar-refractivity contribution in [2.45, 2.75) is 71.3 Å². The van der Waals surface area contributed by atoms with Gasteiger partial charge in [-0.25, -0.2) is 0 Å². The highest BCUT2D eigenvalue weighted by molar-refractivity contribution is 5.73. The lowest BCUT2D eigenvalue weighted by molar-refractivity contribution is -0.147. The third kappa shape index (κ3) is 4.97. The van der Waals surface area contributed by atoms with Gasteiger partial charge in [0, 0.05) is 6.04 Å². The van der Waals surface area contributed by atoms with Gasteiger partial charge in [-0.05, 0) is 53.1 Å². The molecule has 0 heterocycles. The molecule has 106 valence electrons. The van der Waals surface area contributed by atoms with Gasteiger partial charge in [0.15, 0.2) is 0 Å². The predicted molar refractivity (Wildman–Crippen MR) is 74.8 cm³/mol. The Bertz CT molecular complexity index is 255. The molecule has 0 atom stereocenters. The van der Waals surface area contributed by atoms with E-state index in [1.54, 1.807) is 0 Å². The van der Waals surface area contributed by atoms with E-state index in [0.29, 0.717) is 0 Å². The van der Waals surface area contributed by atoms with Gasteiger partial charge in [0.2, 0.25) is 0 Å². The van der Waals surface area contributed by atoms with Crippen molar-refractivity contribution in [2.75, 3.05) is 13.6 Å². The molecule has 18 heavy (non-hydrogen) atoms. The highest BCUT2D eigenvalue weighted by Crippen LogP contribution is 2.24. The van der Waals surface area contributed by atoms with Gasteiger partial charge in [0.05, 0.1) is 5.41 Å². The van der Waals surface area contributed by atoms with Crippen LogP contribution >= 0.6 is 0 Å². The maximum Gasteiger partial charge on any atom is 0.309 e. The Morgan fingerprint density at radius 3 is 2.28 bits per heavy atom. The summed E-state index contributed by atoms with van der Waals surface area (Å²) in [7, 11) is 2.20. The quantitative estimate of drug-likeness (QED) is 0.738. The number of aliphatic carboxylic acids is 1. The molecular weight excluding hydrogens is 226 g/mol. The van der Waals surface area contributed by atoms with Crippen molar-refractivity contribution in [1.82, 2.24) is 4.90 Å². The van der Waals surface area contributed by atoms with Crippen LogP contribution in [0.15, 0.2) is 0 Å². The van der Waals surface area contributed by atoms with E-state index < -0.39 is 11.4 Å².